The Morgan fingerprint density at radius 2 is 2.33 bits per heavy atom. The van der Waals surface area contributed by atoms with Crippen molar-refractivity contribution in [3.63, 3.8) is 0 Å². The molecule has 96 valence electrons. The van der Waals surface area contributed by atoms with Crippen molar-refractivity contribution in [2.45, 2.75) is 13.0 Å². The summed E-state index contributed by atoms with van der Waals surface area (Å²) in [7, 11) is 1.50. The molecule has 1 amide bonds. The third-order valence-electron chi connectivity index (χ3n) is 2.22. The van der Waals surface area contributed by atoms with Gasteiger partial charge in [0.1, 0.15) is 0 Å². The zero-order valence-corrected chi connectivity index (χ0v) is 10.2. The molecule has 0 aliphatic rings. The number of hydrogen-bond acceptors (Lipinski definition) is 5. The second kappa shape index (κ2) is 6.57. The van der Waals surface area contributed by atoms with Crippen LogP contribution >= 0.6 is 0 Å². The molecule has 1 N–H and O–H groups in total. The molecule has 1 rings (SSSR count). The van der Waals surface area contributed by atoms with E-state index in [0.717, 1.165) is 0 Å². The first-order valence-electron chi connectivity index (χ1n) is 5.36. The topological polar surface area (TPSA) is 92.3 Å². The Labute approximate surface area is 105 Å². The van der Waals surface area contributed by atoms with Crippen LogP contribution in [-0.4, -0.2) is 31.4 Å². The largest absolute Gasteiger partial charge is 0.461 e. The number of nitriles is 1. The summed E-state index contributed by atoms with van der Waals surface area (Å²) in [5, 5.41) is 11.4. The van der Waals surface area contributed by atoms with E-state index in [1.54, 1.807) is 13.0 Å². The molecule has 0 aromatic carbocycles. The standard InChI is InChI=1S/C12H14N2O4/c1-8(7-17-2)14-12(16)9(6-13)11(15)10-4-3-5-18-10/h3-5,8-9H,7H2,1-2H3,(H,14,16)/t8-,9-/m0/s1. The molecule has 0 spiro atoms. The van der Waals surface area contributed by atoms with E-state index in [2.05, 4.69) is 5.32 Å². The Morgan fingerprint density at radius 1 is 1.61 bits per heavy atom. The lowest BCUT2D eigenvalue weighted by Gasteiger charge is -2.14. The average molecular weight is 250 g/mol. The molecule has 6 heteroatoms. The van der Waals surface area contributed by atoms with Crippen LogP contribution in [0.15, 0.2) is 22.8 Å². The number of furan rings is 1. The number of hydrogen-bond donors (Lipinski definition) is 1. The number of carbonyl (C=O) groups excluding carboxylic acids is 2. The van der Waals surface area contributed by atoms with Crippen molar-refractivity contribution in [3.05, 3.63) is 24.2 Å². The zero-order chi connectivity index (χ0) is 13.5. The summed E-state index contributed by atoms with van der Waals surface area (Å²) in [5.41, 5.74) is 0. The van der Waals surface area contributed by atoms with Crippen molar-refractivity contribution in [1.82, 2.24) is 5.32 Å². The van der Waals surface area contributed by atoms with Gasteiger partial charge >= 0.3 is 0 Å². The molecule has 1 aromatic heterocycles. The Morgan fingerprint density at radius 3 is 2.83 bits per heavy atom. The fraction of sp³-hybridized carbons (Fsp3) is 0.417. The van der Waals surface area contributed by atoms with Crippen molar-refractivity contribution in [2.75, 3.05) is 13.7 Å². The lowest BCUT2D eigenvalue weighted by Crippen LogP contribution is -2.41. The second-order valence-corrected chi connectivity index (χ2v) is 3.77. The van der Waals surface area contributed by atoms with E-state index in [-0.39, 0.29) is 11.8 Å². The summed E-state index contributed by atoms with van der Waals surface area (Å²) < 4.78 is 9.72. The Balaban J connectivity index is 2.70. The first-order chi connectivity index (χ1) is 8.60. The SMILES string of the molecule is COC[C@H](C)NC(=O)[C@@H](C#N)C(=O)c1ccco1. The predicted octanol–water partition coefficient (Wildman–Crippen LogP) is 0.753. The highest BCUT2D eigenvalue weighted by Crippen LogP contribution is 2.09. The number of amides is 1. The molecule has 0 fully saturated rings. The third-order valence-corrected chi connectivity index (χ3v) is 2.22. The minimum Gasteiger partial charge on any atom is -0.461 e. The summed E-state index contributed by atoms with van der Waals surface area (Å²) >= 11 is 0. The highest BCUT2D eigenvalue weighted by Gasteiger charge is 2.29. The monoisotopic (exact) mass is 250 g/mol. The predicted molar refractivity (Wildman–Crippen MR) is 61.6 cm³/mol. The smallest absolute Gasteiger partial charge is 0.245 e. The van der Waals surface area contributed by atoms with Crippen LogP contribution in [0.2, 0.25) is 0 Å². The van der Waals surface area contributed by atoms with Crippen molar-refractivity contribution < 1.29 is 18.7 Å². The van der Waals surface area contributed by atoms with Crippen molar-refractivity contribution in [1.29, 1.82) is 5.26 Å². The molecule has 2 atom stereocenters. The number of ketones is 1. The van der Waals surface area contributed by atoms with Crippen molar-refractivity contribution >= 4 is 11.7 Å². The van der Waals surface area contributed by atoms with Crippen LogP contribution in [0.25, 0.3) is 0 Å². The lowest BCUT2D eigenvalue weighted by atomic mass is 10.0. The van der Waals surface area contributed by atoms with Crippen molar-refractivity contribution in [3.8, 4) is 6.07 Å². The molecule has 0 saturated heterocycles. The quantitative estimate of drug-likeness (QED) is 0.594. The fourth-order valence-electron chi connectivity index (χ4n) is 1.42. The summed E-state index contributed by atoms with van der Waals surface area (Å²) in [6, 6.07) is 4.34. The highest BCUT2D eigenvalue weighted by atomic mass is 16.5. The van der Waals surface area contributed by atoms with Crippen LogP contribution in [-0.2, 0) is 9.53 Å². The number of Topliss-reactive ketones (excluding diaryl/α,β-unsaturated/α-hetero) is 1. The molecular formula is C12H14N2O4. The highest BCUT2D eigenvalue weighted by molar-refractivity contribution is 6.10. The first kappa shape index (κ1) is 13.9. The fourth-order valence-corrected chi connectivity index (χ4v) is 1.42. The van der Waals surface area contributed by atoms with Gasteiger partial charge in [0.05, 0.1) is 18.9 Å². The molecule has 1 aromatic rings. The van der Waals surface area contributed by atoms with Gasteiger partial charge in [-0.25, -0.2) is 0 Å². The van der Waals surface area contributed by atoms with Gasteiger partial charge in [-0.05, 0) is 19.1 Å². The normalized spacial score (nSPS) is 13.4. The van der Waals surface area contributed by atoms with E-state index in [4.69, 9.17) is 14.4 Å². The van der Waals surface area contributed by atoms with Gasteiger partial charge in [-0.15, -0.1) is 0 Å². The number of nitrogens with zero attached hydrogens (tertiary/aromatic N) is 1. The summed E-state index contributed by atoms with van der Waals surface area (Å²) in [6.45, 7) is 2.02. The Kier molecular flexibility index (Phi) is 5.08. The number of carbonyl (C=O) groups is 2. The van der Waals surface area contributed by atoms with Crippen molar-refractivity contribution in [2.24, 2.45) is 5.92 Å². The molecule has 6 nitrogen and oxygen atoms in total. The summed E-state index contributed by atoms with van der Waals surface area (Å²) in [4.78, 5) is 23.6. The minimum absolute atomic E-state index is 0.00362. The lowest BCUT2D eigenvalue weighted by molar-refractivity contribution is -0.123. The van der Waals surface area contributed by atoms with E-state index < -0.39 is 17.6 Å². The van der Waals surface area contributed by atoms with Gasteiger partial charge in [-0.2, -0.15) is 5.26 Å². The van der Waals surface area contributed by atoms with Gasteiger partial charge in [0, 0.05) is 13.2 Å². The number of methoxy groups -OCH3 is 1. The van der Waals surface area contributed by atoms with E-state index in [0.29, 0.717) is 6.61 Å². The van der Waals surface area contributed by atoms with Crippen LogP contribution < -0.4 is 5.32 Å². The number of rotatable bonds is 6. The Bertz CT molecular complexity index is 447. The Hall–Kier alpha value is -2.13. The molecule has 0 unspecified atom stereocenters. The molecule has 0 saturated carbocycles. The summed E-state index contributed by atoms with van der Waals surface area (Å²) in [6.07, 6.45) is 1.31. The van der Waals surface area contributed by atoms with Crippen LogP contribution in [0.1, 0.15) is 17.5 Å². The molecule has 0 aliphatic heterocycles. The average Bonchev–Trinajstić information content (AvgIpc) is 2.83. The first-order valence-corrected chi connectivity index (χ1v) is 5.36. The number of ether oxygens (including phenoxy) is 1. The second-order valence-electron chi connectivity index (χ2n) is 3.77. The van der Waals surface area contributed by atoms with Crippen LogP contribution in [0.5, 0.6) is 0 Å². The maximum Gasteiger partial charge on any atom is 0.245 e. The molecule has 0 radical (unpaired) electrons. The van der Waals surface area contributed by atoms with Crippen LogP contribution in [0, 0.1) is 17.2 Å². The maximum absolute atomic E-state index is 11.8. The van der Waals surface area contributed by atoms with E-state index in [1.165, 1.54) is 25.5 Å². The van der Waals surface area contributed by atoms with Crippen LogP contribution in [0.4, 0.5) is 0 Å². The molecular weight excluding hydrogens is 236 g/mol. The van der Waals surface area contributed by atoms with E-state index in [9.17, 15) is 9.59 Å². The molecule has 1 heterocycles. The molecule has 0 aliphatic carbocycles. The zero-order valence-electron chi connectivity index (χ0n) is 10.2. The molecule has 0 bridgehead atoms. The maximum atomic E-state index is 11.8. The van der Waals surface area contributed by atoms with Crippen LogP contribution in [0.3, 0.4) is 0 Å². The van der Waals surface area contributed by atoms with Gasteiger partial charge in [0.2, 0.25) is 11.7 Å². The van der Waals surface area contributed by atoms with Gasteiger partial charge in [-0.3, -0.25) is 9.59 Å². The minimum atomic E-state index is -1.41. The van der Waals surface area contributed by atoms with Gasteiger partial charge in [-0.1, -0.05) is 0 Å². The van der Waals surface area contributed by atoms with E-state index >= 15 is 0 Å². The van der Waals surface area contributed by atoms with Gasteiger partial charge < -0.3 is 14.5 Å². The molecule has 18 heavy (non-hydrogen) atoms. The van der Waals surface area contributed by atoms with E-state index in [1.807, 2.05) is 0 Å². The van der Waals surface area contributed by atoms with Gasteiger partial charge in [0.15, 0.2) is 11.7 Å². The summed E-state index contributed by atoms with van der Waals surface area (Å²) in [5.74, 6) is -2.71. The van der Waals surface area contributed by atoms with Gasteiger partial charge in [0.25, 0.3) is 0 Å². The third kappa shape index (κ3) is 3.43. The number of nitrogens with one attached hydrogen (secondary N) is 1.